The van der Waals surface area contributed by atoms with Crippen molar-refractivity contribution in [2.45, 2.75) is 18.9 Å². The van der Waals surface area contributed by atoms with Crippen molar-refractivity contribution in [2.75, 3.05) is 5.32 Å². The normalized spacial score (nSPS) is 11.0. The molecule has 0 aromatic heterocycles. The van der Waals surface area contributed by atoms with Gasteiger partial charge in [0.15, 0.2) is 0 Å². The molecule has 110 valence electrons. The molecule has 1 rings (SSSR count). The average Bonchev–Trinajstić information content (AvgIpc) is 2.43. The second-order valence-corrected chi connectivity index (χ2v) is 4.11. The van der Waals surface area contributed by atoms with Gasteiger partial charge in [-0.3, -0.25) is 4.79 Å². The first-order valence-corrected chi connectivity index (χ1v) is 5.94. The lowest BCUT2D eigenvalue weighted by molar-refractivity contribution is -0.140. The summed E-state index contributed by atoms with van der Waals surface area (Å²) in [7, 11) is 0. The zero-order valence-corrected chi connectivity index (χ0v) is 10.9. The van der Waals surface area contributed by atoms with Crippen molar-refractivity contribution in [3.05, 3.63) is 29.8 Å². The average molecular weight is 291 g/mol. The van der Waals surface area contributed by atoms with Gasteiger partial charge in [-0.05, 0) is 24.6 Å². The van der Waals surface area contributed by atoms with Crippen LogP contribution in [0.15, 0.2) is 24.3 Å². The minimum atomic E-state index is -1.32. The summed E-state index contributed by atoms with van der Waals surface area (Å²) in [4.78, 5) is 33.0. The highest BCUT2D eigenvalue weighted by molar-refractivity contribution is 5.92. The monoisotopic (exact) mass is 291 g/mol. The number of amides is 2. The van der Waals surface area contributed by atoms with Gasteiger partial charge in [0.25, 0.3) is 0 Å². The van der Waals surface area contributed by atoms with E-state index < -0.39 is 24.0 Å². The van der Waals surface area contributed by atoms with E-state index in [0.717, 1.165) is 0 Å². The number of hydrogen-bond donors (Lipinski definition) is 4. The Bertz CT molecular complexity index is 594. The Labute approximate surface area is 120 Å². The van der Waals surface area contributed by atoms with Crippen LogP contribution in [0.3, 0.4) is 0 Å². The summed E-state index contributed by atoms with van der Waals surface area (Å²) in [6.07, 6.45) is -0.600. The number of hydrogen-bond acceptors (Lipinski definition) is 4. The standard InChI is InChI=1S/C13H13N3O5/c14-7-8-2-1-3-9(6-8)15-13(21)16-10(12(19)20)4-5-11(17)18/h1-3,6,10H,4-5H2,(H,17,18)(H,19,20)(H2,15,16,21). The van der Waals surface area contributed by atoms with Gasteiger partial charge >= 0.3 is 18.0 Å². The molecule has 0 saturated carbocycles. The van der Waals surface area contributed by atoms with Crippen molar-refractivity contribution in [3.8, 4) is 6.07 Å². The fourth-order valence-corrected chi connectivity index (χ4v) is 1.52. The van der Waals surface area contributed by atoms with Crippen molar-refractivity contribution in [2.24, 2.45) is 0 Å². The Kier molecular flexibility index (Phi) is 5.70. The number of urea groups is 1. The molecule has 0 bridgehead atoms. The van der Waals surface area contributed by atoms with Gasteiger partial charge in [0.2, 0.25) is 0 Å². The number of nitrogens with one attached hydrogen (secondary N) is 2. The molecule has 0 radical (unpaired) electrons. The minimum Gasteiger partial charge on any atom is -0.481 e. The zero-order valence-electron chi connectivity index (χ0n) is 10.9. The summed E-state index contributed by atoms with van der Waals surface area (Å²) in [6, 6.07) is 5.88. The molecule has 21 heavy (non-hydrogen) atoms. The predicted octanol–water partition coefficient (Wildman–Crippen LogP) is 0.998. The van der Waals surface area contributed by atoms with Crippen molar-refractivity contribution in [3.63, 3.8) is 0 Å². The summed E-state index contributed by atoms with van der Waals surface area (Å²) >= 11 is 0. The van der Waals surface area contributed by atoms with Gasteiger partial charge in [-0.2, -0.15) is 5.26 Å². The SMILES string of the molecule is N#Cc1cccc(NC(=O)NC(CCC(=O)O)C(=O)O)c1. The van der Waals surface area contributed by atoms with E-state index in [4.69, 9.17) is 15.5 Å². The molecule has 0 aliphatic carbocycles. The van der Waals surface area contributed by atoms with Crippen LogP contribution in [0.4, 0.5) is 10.5 Å². The molecule has 0 aliphatic heterocycles. The maximum atomic E-state index is 11.7. The van der Waals surface area contributed by atoms with Gasteiger partial charge in [-0.15, -0.1) is 0 Å². The quantitative estimate of drug-likeness (QED) is 0.616. The van der Waals surface area contributed by atoms with E-state index in [1.54, 1.807) is 12.1 Å². The number of carboxylic acids is 2. The Morgan fingerprint density at radius 3 is 2.57 bits per heavy atom. The first-order chi connectivity index (χ1) is 9.92. The van der Waals surface area contributed by atoms with E-state index in [-0.39, 0.29) is 12.8 Å². The third-order valence-corrected chi connectivity index (χ3v) is 2.50. The third kappa shape index (κ3) is 5.61. The maximum Gasteiger partial charge on any atom is 0.326 e. The molecule has 1 unspecified atom stereocenters. The van der Waals surface area contributed by atoms with Crippen LogP contribution in [0.1, 0.15) is 18.4 Å². The number of anilines is 1. The molecular formula is C13H13N3O5. The highest BCUT2D eigenvalue weighted by Crippen LogP contribution is 2.09. The Morgan fingerprint density at radius 1 is 1.29 bits per heavy atom. The molecule has 1 aromatic rings. The molecule has 8 heteroatoms. The molecule has 4 N–H and O–H groups in total. The maximum absolute atomic E-state index is 11.7. The molecule has 0 aliphatic rings. The number of nitrogens with zero attached hydrogens (tertiary/aromatic N) is 1. The van der Waals surface area contributed by atoms with Crippen LogP contribution >= 0.6 is 0 Å². The largest absolute Gasteiger partial charge is 0.481 e. The number of benzene rings is 1. The molecule has 0 heterocycles. The topological polar surface area (TPSA) is 140 Å². The van der Waals surface area contributed by atoms with E-state index >= 15 is 0 Å². The second kappa shape index (κ2) is 7.49. The molecule has 0 fully saturated rings. The van der Waals surface area contributed by atoms with Crippen LogP contribution in [0.25, 0.3) is 0 Å². The van der Waals surface area contributed by atoms with Crippen LogP contribution in [0.2, 0.25) is 0 Å². The summed E-state index contributed by atoms with van der Waals surface area (Å²) < 4.78 is 0. The minimum absolute atomic E-state index is 0.226. The molecule has 8 nitrogen and oxygen atoms in total. The van der Waals surface area contributed by atoms with E-state index in [9.17, 15) is 14.4 Å². The first-order valence-electron chi connectivity index (χ1n) is 5.94. The van der Waals surface area contributed by atoms with Crippen molar-refractivity contribution < 1.29 is 24.6 Å². The zero-order chi connectivity index (χ0) is 15.8. The van der Waals surface area contributed by atoms with Crippen LogP contribution in [0, 0.1) is 11.3 Å². The summed E-state index contributed by atoms with van der Waals surface area (Å²) in [6.45, 7) is 0. The Morgan fingerprint density at radius 2 is 2.00 bits per heavy atom. The van der Waals surface area contributed by atoms with E-state index in [1.165, 1.54) is 12.1 Å². The second-order valence-electron chi connectivity index (χ2n) is 4.11. The number of nitriles is 1. The lowest BCUT2D eigenvalue weighted by Gasteiger charge is -2.14. The molecule has 1 atom stereocenters. The van der Waals surface area contributed by atoms with E-state index in [0.29, 0.717) is 11.3 Å². The molecule has 0 spiro atoms. The number of aliphatic carboxylic acids is 2. The summed E-state index contributed by atoms with van der Waals surface area (Å²) in [5.74, 6) is -2.47. The highest BCUT2D eigenvalue weighted by Gasteiger charge is 2.20. The first kappa shape index (κ1) is 16.0. The third-order valence-electron chi connectivity index (χ3n) is 2.50. The molecule has 1 aromatic carbocycles. The lowest BCUT2D eigenvalue weighted by atomic mass is 10.1. The smallest absolute Gasteiger partial charge is 0.326 e. The van der Waals surface area contributed by atoms with Crippen LogP contribution in [-0.4, -0.2) is 34.2 Å². The molecular weight excluding hydrogens is 278 g/mol. The lowest BCUT2D eigenvalue weighted by Crippen LogP contribution is -2.43. The fourth-order valence-electron chi connectivity index (χ4n) is 1.52. The fraction of sp³-hybridized carbons (Fsp3) is 0.231. The van der Waals surface area contributed by atoms with Gasteiger partial charge in [-0.25, -0.2) is 9.59 Å². The molecule has 2 amide bonds. The number of carbonyl (C=O) groups excluding carboxylic acids is 1. The molecule has 0 saturated heterocycles. The Hall–Kier alpha value is -3.08. The Balaban J connectivity index is 2.63. The highest BCUT2D eigenvalue weighted by atomic mass is 16.4. The summed E-state index contributed by atoms with van der Waals surface area (Å²) in [5.41, 5.74) is 0.669. The van der Waals surface area contributed by atoms with E-state index in [1.807, 2.05) is 6.07 Å². The van der Waals surface area contributed by atoms with Gasteiger partial charge in [0, 0.05) is 12.1 Å². The van der Waals surface area contributed by atoms with Crippen LogP contribution in [-0.2, 0) is 9.59 Å². The number of carboxylic acid groups (broad SMARTS) is 2. The van der Waals surface area contributed by atoms with Crippen molar-refractivity contribution in [1.29, 1.82) is 5.26 Å². The van der Waals surface area contributed by atoms with Crippen molar-refractivity contribution in [1.82, 2.24) is 5.32 Å². The van der Waals surface area contributed by atoms with Crippen LogP contribution in [0.5, 0.6) is 0 Å². The van der Waals surface area contributed by atoms with E-state index in [2.05, 4.69) is 10.6 Å². The predicted molar refractivity (Wildman–Crippen MR) is 71.6 cm³/mol. The van der Waals surface area contributed by atoms with Gasteiger partial charge in [-0.1, -0.05) is 6.07 Å². The van der Waals surface area contributed by atoms with Gasteiger partial charge in [0.05, 0.1) is 11.6 Å². The number of carbonyl (C=O) groups is 3. The summed E-state index contributed by atoms with van der Waals surface area (Å²) in [5, 5.41) is 30.7. The van der Waals surface area contributed by atoms with Crippen molar-refractivity contribution >= 4 is 23.7 Å². The van der Waals surface area contributed by atoms with Gasteiger partial charge in [0.1, 0.15) is 6.04 Å². The van der Waals surface area contributed by atoms with Crippen LogP contribution < -0.4 is 10.6 Å². The number of rotatable bonds is 6. The van der Waals surface area contributed by atoms with Gasteiger partial charge < -0.3 is 20.8 Å².